The van der Waals surface area contributed by atoms with Crippen molar-refractivity contribution in [3.05, 3.63) is 11.4 Å². The molecule has 1 rings (SSSR count). The number of alkyl halides is 1. The molecule has 0 aromatic heterocycles. The van der Waals surface area contributed by atoms with Crippen LogP contribution in [0, 0.1) is 0 Å². The van der Waals surface area contributed by atoms with E-state index in [2.05, 4.69) is 17.2 Å². The van der Waals surface area contributed by atoms with Crippen LogP contribution in [-0.4, -0.2) is 36.4 Å². The summed E-state index contributed by atoms with van der Waals surface area (Å²) in [5, 5.41) is 3.46. The van der Waals surface area contributed by atoms with Gasteiger partial charge in [0.15, 0.2) is 0 Å². The van der Waals surface area contributed by atoms with E-state index in [-0.39, 0.29) is 11.4 Å². The molecule has 4 nitrogen and oxygen atoms in total. The summed E-state index contributed by atoms with van der Waals surface area (Å²) in [6, 6.07) is 0.496. The van der Waals surface area contributed by atoms with Crippen LogP contribution in [0.5, 0.6) is 0 Å². The second-order valence-electron chi connectivity index (χ2n) is 5.32. The van der Waals surface area contributed by atoms with Gasteiger partial charge in [-0.3, -0.25) is 4.99 Å². The van der Waals surface area contributed by atoms with Gasteiger partial charge in [0.1, 0.15) is 0 Å². The molecule has 0 bridgehead atoms. The first-order valence-corrected chi connectivity index (χ1v) is 7.35. The Morgan fingerprint density at radius 3 is 2.79 bits per heavy atom. The third-order valence-electron chi connectivity index (χ3n) is 3.45. The van der Waals surface area contributed by atoms with Crippen LogP contribution in [0.2, 0.25) is 0 Å². The zero-order valence-corrected chi connectivity index (χ0v) is 13.1. The lowest BCUT2D eigenvalue weighted by molar-refractivity contribution is 0.0151. The van der Waals surface area contributed by atoms with Crippen molar-refractivity contribution in [3.63, 3.8) is 0 Å². The largest absolute Gasteiger partial charge is 0.396 e. The molecule has 0 amide bonds. The van der Waals surface area contributed by atoms with E-state index in [9.17, 15) is 0 Å². The Morgan fingerprint density at radius 1 is 1.53 bits per heavy atom. The highest BCUT2D eigenvalue weighted by Gasteiger charge is 2.19. The summed E-state index contributed by atoms with van der Waals surface area (Å²) in [7, 11) is 0. The fourth-order valence-electron chi connectivity index (χ4n) is 1.93. The van der Waals surface area contributed by atoms with Crippen LogP contribution in [0.25, 0.3) is 0 Å². The van der Waals surface area contributed by atoms with Gasteiger partial charge in [-0.25, -0.2) is 0 Å². The summed E-state index contributed by atoms with van der Waals surface area (Å²) in [6.07, 6.45) is 4.04. The van der Waals surface area contributed by atoms with Crippen LogP contribution in [0.1, 0.15) is 40.5 Å². The van der Waals surface area contributed by atoms with Crippen molar-refractivity contribution < 1.29 is 4.74 Å². The van der Waals surface area contributed by atoms with Gasteiger partial charge >= 0.3 is 0 Å². The normalized spacial score (nSPS) is 28.9. The van der Waals surface area contributed by atoms with E-state index in [1.165, 1.54) is 0 Å². The van der Waals surface area contributed by atoms with E-state index in [0.29, 0.717) is 17.8 Å². The molecule has 3 N–H and O–H groups in total. The lowest BCUT2D eigenvalue weighted by Crippen LogP contribution is -2.38. The summed E-state index contributed by atoms with van der Waals surface area (Å²) in [5.41, 5.74) is 7.65. The third kappa shape index (κ3) is 5.83. The number of rotatable bonds is 5. The lowest BCUT2D eigenvalue weighted by Gasteiger charge is -2.29. The number of hydrogen-bond donors (Lipinski definition) is 2. The average Bonchev–Trinajstić information content (AvgIpc) is 2.35. The molecule has 0 aliphatic carbocycles. The highest BCUT2D eigenvalue weighted by Crippen LogP contribution is 2.14. The van der Waals surface area contributed by atoms with Crippen LogP contribution >= 0.6 is 11.6 Å². The molecule has 0 aromatic carbocycles. The van der Waals surface area contributed by atoms with Crippen LogP contribution < -0.4 is 11.1 Å². The topological polar surface area (TPSA) is 59.6 Å². The van der Waals surface area contributed by atoms with Gasteiger partial charge in [0.05, 0.1) is 23.2 Å². The standard InChI is InChI=1S/C14H26ClN3O/c1-9-7-13(5-6-19-9)18-12(4)14(16)8-17-11(3)10(2)15/h8-11,13,18H,5-7,16H2,1-4H3/b14-12-,17-8?/t9-,10?,11-,13-/m1/s1. The van der Waals surface area contributed by atoms with E-state index < -0.39 is 0 Å². The molecule has 0 spiro atoms. The van der Waals surface area contributed by atoms with Gasteiger partial charge in [-0.1, -0.05) is 0 Å². The number of allylic oxidation sites excluding steroid dienone is 2. The highest BCUT2D eigenvalue weighted by atomic mass is 35.5. The number of ether oxygens (including phenoxy) is 1. The fraction of sp³-hybridized carbons (Fsp3) is 0.786. The smallest absolute Gasteiger partial charge is 0.0685 e. The molecule has 1 saturated heterocycles. The zero-order chi connectivity index (χ0) is 14.4. The van der Waals surface area contributed by atoms with Gasteiger partial charge < -0.3 is 15.8 Å². The number of nitrogens with zero attached hydrogens (tertiary/aromatic N) is 1. The van der Waals surface area contributed by atoms with E-state index in [1.807, 2.05) is 20.8 Å². The molecule has 19 heavy (non-hydrogen) atoms. The maximum absolute atomic E-state index is 6.01. The van der Waals surface area contributed by atoms with Crippen molar-refractivity contribution >= 4 is 17.8 Å². The highest BCUT2D eigenvalue weighted by molar-refractivity contribution is 6.20. The molecule has 0 radical (unpaired) electrons. The Kier molecular flexibility index (Phi) is 6.66. The molecule has 4 atom stereocenters. The summed E-state index contributed by atoms with van der Waals surface area (Å²) >= 11 is 5.96. The van der Waals surface area contributed by atoms with Gasteiger partial charge in [0.25, 0.3) is 0 Å². The second kappa shape index (κ2) is 7.75. The van der Waals surface area contributed by atoms with Crippen molar-refractivity contribution in [1.29, 1.82) is 0 Å². The molecule has 0 saturated carbocycles. The van der Waals surface area contributed by atoms with Crippen molar-refractivity contribution in [3.8, 4) is 0 Å². The SMILES string of the molecule is C/C(N[C@@H]1CCO[C@H](C)C1)=C(/N)C=N[C@H](C)C(C)Cl. The summed E-state index contributed by atoms with van der Waals surface area (Å²) in [6.45, 7) is 8.79. The first-order valence-electron chi connectivity index (χ1n) is 6.92. The third-order valence-corrected chi connectivity index (χ3v) is 3.82. The quantitative estimate of drug-likeness (QED) is 0.603. The molecular weight excluding hydrogens is 262 g/mol. The maximum Gasteiger partial charge on any atom is 0.0685 e. The summed E-state index contributed by atoms with van der Waals surface area (Å²) in [5.74, 6) is 0. The first-order chi connectivity index (χ1) is 8.90. The first kappa shape index (κ1) is 16.3. The number of nitrogens with two attached hydrogens (primary N) is 1. The Labute approximate surface area is 121 Å². The van der Waals surface area contributed by atoms with Crippen molar-refractivity contribution in [2.45, 2.75) is 64.1 Å². The van der Waals surface area contributed by atoms with Gasteiger partial charge in [-0.2, -0.15) is 0 Å². The Morgan fingerprint density at radius 2 is 2.21 bits per heavy atom. The molecule has 1 aliphatic rings. The van der Waals surface area contributed by atoms with Crippen LogP contribution in [0.4, 0.5) is 0 Å². The van der Waals surface area contributed by atoms with E-state index in [4.69, 9.17) is 22.1 Å². The van der Waals surface area contributed by atoms with E-state index >= 15 is 0 Å². The molecule has 5 heteroatoms. The van der Waals surface area contributed by atoms with Gasteiger partial charge in [0.2, 0.25) is 0 Å². The molecule has 1 fully saturated rings. The monoisotopic (exact) mass is 287 g/mol. The second-order valence-corrected chi connectivity index (χ2v) is 6.01. The summed E-state index contributed by atoms with van der Waals surface area (Å²) in [4.78, 5) is 4.35. The van der Waals surface area contributed by atoms with Gasteiger partial charge in [0, 0.05) is 24.6 Å². The maximum atomic E-state index is 6.01. The summed E-state index contributed by atoms with van der Waals surface area (Å²) < 4.78 is 5.53. The molecule has 1 heterocycles. The number of nitrogens with one attached hydrogen (secondary N) is 1. The predicted molar refractivity (Wildman–Crippen MR) is 81.7 cm³/mol. The lowest BCUT2D eigenvalue weighted by atomic mass is 10.0. The van der Waals surface area contributed by atoms with Crippen LogP contribution in [-0.2, 0) is 4.74 Å². The number of halogens is 1. The Hall–Kier alpha value is -0.740. The molecule has 1 unspecified atom stereocenters. The Balaban J connectivity index is 2.53. The van der Waals surface area contributed by atoms with Gasteiger partial charge in [-0.15, -0.1) is 11.6 Å². The van der Waals surface area contributed by atoms with Crippen molar-refractivity contribution in [2.24, 2.45) is 10.7 Å². The zero-order valence-electron chi connectivity index (χ0n) is 12.3. The predicted octanol–water partition coefficient (Wildman–Crippen LogP) is 2.42. The minimum Gasteiger partial charge on any atom is -0.396 e. The van der Waals surface area contributed by atoms with E-state index in [0.717, 1.165) is 25.1 Å². The van der Waals surface area contributed by atoms with Crippen LogP contribution in [0.15, 0.2) is 16.4 Å². The molecule has 0 aromatic rings. The number of aliphatic imine (C=N–C) groups is 1. The van der Waals surface area contributed by atoms with Crippen LogP contribution in [0.3, 0.4) is 0 Å². The molecule has 1 aliphatic heterocycles. The Bertz CT molecular complexity index is 342. The minimum absolute atomic E-state index is 0.00802. The van der Waals surface area contributed by atoms with Crippen molar-refractivity contribution in [1.82, 2.24) is 5.32 Å². The molecular formula is C14H26ClN3O. The van der Waals surface area contributed by atoms with Crippen molar-refractivity contribution in [2.75, 3.05) is 6.61 Å². The fourth-order valence-corrected chi connectivity index (χ4v) is 2.00. The minimum atomic E-state index is 0.00802. The average molecular weight is 288 g/mol. The number of hydrogen-bond acceptors (Lipinski definition) is 4. The van der Waals surface area contributed by atoms with E-state index in [1.54, 1.807) is 6.21 Å². The molecule has 110 valence electrons. The van der Waals surface area contributed by atoms with Gasteiger partial charge in [-0.05, 0) is 40.5 Å².